The summed E-state index contributed by atoms with van der Waals surface area (Å²) in [7, 11) is -2.77. The predicted octanol–water partition coefficient (Wildman–Crippen LogP) is 4.07. The molecule has 2 heterocycles. The average molecular weight is 413 g/mol. The fourth-order valence-corrected chi connectivity index (χ4v) is 6.86. The van der Waals surface area contributed by atoms with Crippen molar-refractivity contribution in [2.24, 2.45) is 16.1 Å². The number of rotatable bonds is 4. The molecule has 1 fully saturated rings. The van der Waals surface area contributed by atoms with Crippen molar-refractivity contribution in [3.63, 3.8) is 0 Å². The number of nitrogens with zero attached hydrogens (tertiary/aromatic N) is 3. The smallest absolute Gasteiger partial charge is 0.275 e. The predicted molar refractivity (Wildman–Crippen MR) is 112 cm³/mol. The molecule has 1 unspecified atom stereocenters. The highest BCUT2D eigenvalue weighted by molar-refractivity contribution is 7.71. The first-order chi connectivity index (χ1) is 13.9. The number of hydrogen-bond donors (Lipinski definition) is 0. The summed E-state index contributed by atoms with van der Waals surface area (Å²) in [4.78, 5) is 14.3. The lowest BCUT2D eigenvalue weighted by Gasteiger charge is -2.35. The van der Waals surface area contributed by atoms with Crippen LogP contribution in [0.25, 0.3) is 0 Å². The number of carbonyl (C=O) groups excluding carboxylic acids is 1. The van der Waals surface area contributed by atoms with Gasteiger partial charge in [-0.05, 0) is 37.1 Å². The molecule has 5 nitrogen and oxygen atoms in total. The monoisotopic (exact) mass is 413 g/mol. The zero-order valence-electron chi connectivity index (χ0n) is 16.7. The number of benzene rings is 1. The van der Waals surface area contributed by atoms with E-state index in [-0.39, 0.29) is 5.91 Å². The Bertz CT molecular complexity index is 997. The van der Waals surface area contributed by atoms with Crippen LogP contribution >= 0.6 is 7.14 Å². The largest absolute Gasteiger partial charge is 0.318 e. The van der Waals surface area contributed by atoms with Crippen LogP contribution in [-0.2, 0) is 15.8 Å². The quantitative estimate of drug-likeness (QED) is 0.699. The third kappa shape index (κ3) is 3.96. The summed E-state index contributed by atoms with van der Waals surface area (Å²) in [5.74, 6) is -1.07. The zero-order chi connectivity index (χ0) is 20.6. The van der Waals surface area contributed by atoms with Crippen molar-refractivity contribution in [3.05, 3.63) is 65.2 Å². The van der Waals surface area contributed by atoms with Gasteiger partial charge < -0.3 is 4.57 Å². The van der Waals surface area contributed by atoms with Crippen LogP contribution in [0.1, 0.15) is 19.4 Å². The van der Waals surface area contributed by atoms with E-state index in [1.807, 2.05) is 24.3 Å². The van der Waals surface area contributed by atoms with Gasteiger partial charge in [-0.15, -0.1) is 5.11 Å². The first-order valence-electron chi connectivity index (χ1n) is 10.0. The maximum absolute atomic E-state index is 14.6. The van der Waals surface area contributed by atoms with E-state index in [1.54, 1.807) is 12.1 Å². The lowest BCUT2D eigenvalue weighted by molar-refractivity contribution is -0.120. The molecular formula is C22H25FN3O2P. The summed E-state index contributed by atoms with van der Waals surface area (Å²) >= 11 is 0. The van der Waals surface area contributed by atoms with Gasteiger partial charge in [0.25, 0.3) is 5.91 Å². The molecule has 1 aromatic rings. The molecule has 1 saturated heterocycles. The number of hydrogen-bond acceptors (Lipinski definition) is 4. The number of amides is 1. The van der Waals surface area contributed by atoms with Crippen LogP contribution in [0, 0.1) is 11.7 Å². The number of carbonyl (C=O) groups is 1. The Hall–Kier alpha value is -2.17. The minimum Gasteiger partial charge on any atom is -0.318 e. The molecule has 0 saturated carbocycles. The minimum atomic E-state index is -2.77. The van der Waals surface area contributed by atoms with Gasteiger partial charge in [0.1, 0.15) is 13.0 Å². The second-order valence-corrected chi connectivity index (χ2v) is 11.2. The molecule has 0 N–H and O–H groups in total. The Balaban J connectivity index is 1.61. The van der Waals surface area contributed by atoms with E-state index in [2.05, 4.69) is 29.0 Å². The van der Waals surface area contributed by atoms with Crippen LogP contribution in [-0.4, -0.2) is 42.3 Å². The van der Waals surface area contributed by atoms with Crippen LogP contribution in [0.15, 0.2) is 64.0 Å². The Morgan fingerprint density at radius 2 is 1.97 bits per heavy atom. The SMILES string of the molecule is CC(C)N1CCP(=O)(c2cc(CC3=C4C=CC=CC4C(=O)N=N3)ccc2F)CC1. The van der Waals surface area contributed by atoms with E-state index >= 15 is 0 Å². The molecular weight excluding hydrogens is 388 g/mol. The third-order valence-corrected chi connectivity index (χ3v) is 9.01. The van der Waals surface area contributed by atoms with Crippen molar-refractivity contribution in [1.82, 2.24) is 4.90 Å². The maximum atomic E-state index is 14.6. The topological polar surface area (TPSA) is 62.1 Å². The Morgan fingerprint density at radius 3 is 2.69 bits per heavy atom. The van der Waals surface area contributed by atoms with Crippen LogP contribution in [0.4, 0.5) is 4.39 Å². The standard InChI is InChI=1S/C22H25FN3O2P/c1-15(2)26-9-11-29(28,12-10-26)21-14-16(7-8-19(21)23)13-20-17-5-3-4-6-18(17)22(27)25-24-20/h3-8,14-15,18H,9-13H2,1-2H3. The van der Waals surface area contributed by atoms with Crippen molar-refractivity contribution < 1.29 is 13.8 Å². The van der Waals surface area contributed by atoms with E-state index in [9.17, 15) is 13.8 Å². The molecule has 152 valence electrons. The normalized spacial score (nSPS) is 23.7. The molecule has 4 rings (SSSR count). The summed E-state index contributed by atoms with van der Waals surface area (Å²) in [6.07, 6.45) is 8.82. The highest BCUT2D eigenvalue weighted by Gasteiger charge is 2.34. The minimum absolute atomic E-state index is 0.273. The fourth-order valence-electron chi connectivity index (χ4n) is 4.13. The van der Waals surface area contributed by atoms with Crippen LogP contribution in [0.5, 0.6) is 0 Å². The van der Waals surface area contributed by atoms with Gasteiger partial charge in [-0.25, -0.2) is 4.39 Å². The van der Waals surface area contributed by atoms with Crippen LogP contribution in [0.3, 0.4) is 0 Å². The molecule has 1 aromatic carbocycles. The van der Waals surface area contributed by atoms with Crippen molar-refractivity contribution in [2.45, 2.75) is 26.3 Å². The molecule has 7 heteroatoms. The highest BCUT2D eigenvalue weighted by atomic mass is 31.2. The summed E-state index contributed by atoms with van der Waals surface area (Å²) in [5.41, 5.74) is 2.36. The second-order valence-electron chi connectivity index (χ2n) is 8.09. The summed E-state index contributed by atoms with van der Waals surface area (Å²) < 4.78 is 28.2. The molecule has 0 bridgehead atoms. The Kier molecular flexibility index (Phi) is 5.50. The Labute approximate surface area is 170 Å². The van der Waals surface area contributed by atoms with Crippen LogP contribution < -0.4 is 5.30 Å². The van der Waals surface area contributed by atoms with Gasteiger partial charge in [0.2, 0.25) is 0 Å². The van der Waals surface area contributed by atoms with E-state index in [1.165, 1.54) is 6.07 Å². The number of azo groups is 1. The summed E-state index contributed by atoms with van der Waals surface area (Å²) in [6.45, 7) is 5.70. The van der Waals surface area contributed by atoms with Gasteiger partial charge >= 0.3 is 0 Å². The van der Waals surface area contributed by atoms with Crippen molar-refractivity contribution >= 4 is 18.4 Å². The molecule has 1 aliphatic carbocycles. The number of fused-ring (bicyclic) bond motifs is 1. The fraction of sp³-hybridized carbons (Fsp3) is 0.409. The van der Waals surface area contributed by atoms with Gasteiger partial charge in [0.15, 0.2) is 0 Å². The van der Waals surface area contributed by atoms with Gasteiger partial charge in [-0.2, -0.15) is 5.11 Å². The summed E-state index contributed by atoms with van der Waals surface area (Å²) in [5, 5.41) is 8.22. The van der Waals surface area contributed by atoms with Gasteiger partial charge in [-0.3, -0.25) is 9.69 Å². The molecule has 3 aliphatic rings. The van der Waals surface area contributed by atoms with Crippen molar-refractivity contribution in [2.75, 3.05) is 25.4 Å². The van der Waals surface area contributed by atoms with E-state index in [4.69, 9.17) is 0 Å². The van der Waals surface area contributed by atoms with Crippen molar-refractivity contribution in [1.29, 1.82) is 0 Å². The zero-order valence-corrected chi connectivity index (χ0v) is 17.6. The second kappa shape index (κ2) is 7.92. The van der Waals surface area contributed by atoms with Crippen LogP contribution in [0.2, 0.25) is 0 Å². The van der Waals surface area contributed by atoms with E-state index in [0.29, 0.717) is 35.8 Å². The number of halogens is 1. The van der Waals surface area contributed by atoms with E-state index < -0.39 is 18.9 Å². The summed E-state index contributed by atoms with van der Waals surface area (Å²) in [6, 6.07) is 5.24. The molecule has 2 aliphatic heterocycles. The van der Waals surface area contributed by atoms with Gasteiger partial charge in [0.05, 0.1) is 11.6 Å². The molecule has 0 aromatic heterocycles. The lowest BCUT2D eigenvalue weighted by Crippen LogP contribution is -2.41. The maximum Gasteiger partial charge on any atom is 0.275 e. The van der Waals surface area contributed by atoms with E-state index in [0.717, 1.165) is 24.2 Å². The number of allylic oxidation sites excluding steroid dienone is 4. The third-order valence-electron chi connectivity index (χ3n) is 5.94. The first kappa shape index (κ1) is 20.1. The highest BCUT2D eigenvalue weighted by Crippen LogP contribution is 2.47. The van der Waals surface area contributed by atoms with Crippen molar-refractivity contribution in [3.8, 4) is 0 Å². The first-order valence-corrected chi connectivity index (χ1v) is 12.1. The molecule has 29 heavy (non-hydrogen) atoms. The van der Waals surface area contributed by atoms with Gasteiger partial charge in [-0.1, -0.05) is 30.4 Å². The molecule has 0 radical (unpaired) electrons. The van der Waals surface area contributed by atoms with Gasteiger partial charge in [0, 0.05) is 43.2 Å². The lowest BCUT2D eigenvalue weighted by atomic mass is 9.89. The molecule has 1 amide bonds. The molecule has 0 spiro atoms. The Morgan fingerprint density at radius 1 is 1.21 bits per heavy atom. The molecule has 1 atom stereocenters. The average Bonchev–Trinajstić information content (AvgIpc) is 2.72.